The Kier molecular flexibility index (Phi) is 3.90. The number of hydrogen-bond acceptors (Lipinski definition) is 4. The smallest absolute Gasteiger partial charge is 0.268 e. The van der Waals surface area contributed by atoms with Crippen molar-refractivity contribution >= 4 is 11.4 Å². The molecule has 0 radical (unpaired) electrons. The van der Waals surface area contributed by atoms with Crippen LogP contribution in [0.15, 0.2) is 41.3 Å². The molecule has 2 heterocycles. The summed E-state index contributed by atoms with van der Waals surface area (Å²) in [7, 11) is 0. The maximum Gasteiger partial charge on any atom is 0.268 e. The predicted molar refractivity (Wildman–Crippen MR) is 84.5 cm³/mol. The Morgan fingerprint density at radius 1 is 1.14 bits per heavy atom. The predicted octanol–water partition coefficient (Wildman–Crippen LogP) is 1.67. The van der Waals surface area contributed by atoms with E-state index in [-0.39, 0.29) is 5.56 Å². The Balaban J connectivity index is 1.68. The minimum atomic E-state index is -0.0326. The number of rotatable bonds is 4. The van der Waals surface area contributed by atoms with Gasteiger partial charge in [-0.25, -0.2) is 4.68 Å². The maximum atomic E-state index is 12.1. The van der Waals surface area contributed by atoms with Crippen LogP contribution < -0.4 is 16.2 Å². The highest BCUT2D eigenvalue weighted by Gasteiger charge is 2.13. The summed E-state index contributed by atoms with van der Waals surface area (Å²) in [6.07, 6.45) is 4.96. The third kappa shape index (κ3) is 3.24. The van der Waals surface area contributed by atoms with Crippen molar-refractivity contribution in [1.29, 1.82) is 0 Å². The lowest BCUT2D eigenvalue weighted by molar-refractivity contribution is 0.577. The second-order valence-electron chi connectivity index (χ2n) is 5.46. The Morgan fingerprint density at radius 2 is 1.86 bits per heavy atom. The molecule has 1 aliphatic heterocycles. The molecule has 0 atom stereocenters. The van der Waals surface area contributed by atoms with Crippen LogP contribution in [0.4, 0.5) is 11.4 Å². The fraction of sp³-hybridized carbons (Fsp3) is 0.375. The molecule has 0 aliphatic carbocycles. The summed E-state index contributed by atoms with van der Waals surface area (Å²) in [6.45, 7) is 2.64. The van der Waals surface area contributed by atoms with Crippen LogP contribution in [0.2, 0.25) is 0 Å². The second-order valence-corrected chi connectivity index (χ2v) is 5.46. The SMILES string of the molecule is Nc1ccc(CCn2ncc(N3CCCC3)cc2=O)cc1. The van der Waals surface area contributed by atoms with Crippen molar-refractivity contribution in [2.75, 3.05) is 23.7 Å². The van der Waals surface area contributed by atoms with Gasteiger partial charge in [-0.15, -0.1) is 0 Å². The third-order valence-electron chi connectivity index (χ3n) is 3.92. The zero-order valence-electron chi connectivity index (χ0n) is 12.0. The maximum absolute atomic E-state index is 12.1. The fourth-order valence-corrected chi connectivity index (χ4v) is 2.66. The van der Waals surface area contributed by atoms with Crippen molar-refractivity contribution in [3.05, 3.63) is 52.4 Å². The number of aryl methyl sites for hydroxylation is 2. The van der Waals surface area contributed by atoms with Gasteiger partial charge in [-0.2, -0.15) is 5.10 Å². The molecule has 3 rings (SSSR count). The number of nitrogen functional groups attached to an aromatic ring is 1. The van der Waals surface area contributed by atoms with Crippen LogP contribution in [0.25, 0.3) is 0 Å². The highest BCUT2D eigenvalue weighted by Crippen LogP contribution is 2.16. The van der Waals surface area contributed by atoms with E-state index >= 15 is 0 Å². The molecule has 2 aromatic rings. The van der Waals surface area contributed by atoms with Crippen LogP contribution in [0.3, 0.4) is 0 Å². The molecule has 0 saturated carbocycles. The number of aromatic nitrogens is 2. The van der Waals surface area contributed by atoms with Gasteiger partial charge in [-0.1, -0.05) is 12.1 Å². The summed E-state index contributed by atoms with van der Waals surface area (Å²) in [5.41, 5.74) is 8.48. The molecule has 110 valence electrons. The molecule has 0 bridgehead atoms. The van der Waals surface area contributed by atoms with Crippen molar-refractivity contribution in [1.82, 2.24) is 9.78 Å². The molecule has 5 nitrogen and oxygen atoms in total. The van der Waals surface area contributed by atoms with Gasteiger partial charge in [0.1, 0.15) is 0 Å². The molecule has 1 aliphatic rings. The Bertz CT molecular complexity index is 657. The van der Waals surface area contributed by atoms with Crippen LogP contribution in [-0.4, -0.2) is 22.9 Å². The molecular weight excluding hydrogens is 264 g/mol. The number of nitrogens with zero attached hydrogens (tertiary/aromatic N) is 3. The van der Waals surface area contributed by atoms with E-state index in [1.54, 1.807) is 12.3 Å². The van der Waals surface area contributed by atoms with Crippen LogP contribution >= 0.6 is 0 Å². The number of anilines is 2. The van der Waals surface area contributed by atoms with Crippen LogP contribution in [-0.2, 0) is 13.0 Å². The monoisotopic (exact) mass is 284 g/mol. The molecule has 1 aromatic carbocycles. The molecule has 0 amide bonds. The van der Waals surface area contributed by atoms with Gasteiger partial charge >= 0.3 is 0 Å². The summed E-state index contributed by atoms with van der Waals surface area (Å²) in [4.78, 5) is 14.3. The first-order valence-electron chi connectivity index (χ1n) is 7.39. The number of hydrogen-bond donors (Lipinski definition) is 1. The number of benzene rings is 1. The molecular formula is C16H20N4O. The fourth-order valence-electron chi connectivity index (χ4n) is 2.66. The summed E-state index contributed by atoms with van der Waals surface area (Å²) < 4.78 is 1.52. The van der Waals surface area contributed by atoms with Crippen molar-refractivity contribution in [3.63, 3.8) is 0 Å². The van der Waals surface area contributed by atoms with Crippen molar-refractivity contribution in [3.8, 4) is 0 Å². The van der Waals surface area contributed by atoms with Gasteiger partial charge in [-0.3, -0.25) is 4.79 Å². The summed E-state index contributed by atoms with van der Waals surface area (Å²) in [6, 6.07) is 9.42. The van der Waals surface area contributed by atoms with Gasteiger partial charge in [0.05, 0.1) is 11.9 Å². The largest absolute Gasteiger partial charge is 0.399 e. The van der Waals surface area contributed by atoms with E-state index in [0.29, 0.717) is 6.54 Å². The first-order chi connectivity index (χ1) is 10.2. The lowest BCUT2D eigenvalue weighted by Crippen LogP contribution is -2.26. The summed E-state index contributed by atoms with van der Waals surface area (Å²) >= 11 is 0. The lowest BCUT2D eigenvalue weighted by atomic mass is 10.1. The minimum Gasteiger partial charge on any atom is -0.399 e. The second kappa shape index (κ2) is 5.99. The van der Waals surface area contributed by atoms with Gasteiger partial charge in [0, 0.05) is 31.4 Å². The van der Waals surface area contributed by atoms with Crippen molar-refractivity contribution in [2.24, 2.45) is 0 Å². The minimum absolute atomic E-state index is 0.0326. The van der Waals surface area contributed by atoms with Crippen LogP contribution in [0.5, 0.6) is 0 Å². The standard InChI is InChI=1S/C16H20N4O/c17-14-5-3-13(4-6-14)7-10-20-16(21)11-15(12-18-20)19-8-1-2-9-19/h3-6,11-12H,1-2,7-10,17H2. The highest BCUT2D eigenvalue weighted by molar-refractivity contribution is 5.43. The summed E-state index contributed by atoms with van der Waals surface area (Å²) in [5.74, 6) is 0. The van der Waals surface area contributed by atoms with E-state index in [9.17, 15) is 4.79 Å². The molecule has 2 N–H and O–H groups in total. The van der Waals surface area contributed by atoms with Crippen LogP contribution in [0, 0.1) is 0 Å². The van der Waals surface area contributed by atoms with E-state index < -0.39 is 0 Å². The topological polar surface area (TPSA) is 64.2 Å². The van der Waals surface area contributed by atoms with Gasteiger partial charge in [0.15, 0.2) is 0 Å². The quantitative estimate of drug-likeness (QED) is 0.867. The zero-order valence-corrected chi connectivity index (χ0v) is 12.0. The molecule has 1 saturated heterocycles. The Morgan fingerprint density at radius 3 is 2.52 bits per heavy atom. The van der Waals surface area contributed by atoms with Crippen molar-refractivity contribution in [2.45, 2.75) is 25.8 Å². The van der Waals surface area contributed by atoms with E-state index in [4.69, 9.17) is 5.73 Å². The first-order valence-corrected chi connectivity index (χ1v) is 7.39. The lowest BCUT2D eigenvalue weighted by Gasteiger charge is -2.17. The highest BCUT2D eigenvalue weighted by atomic mass is 16.1. The molecule has 0 unspecified atom stereocenters. The van der Waals surface area contributed by atoms with Gasteiger partial charge in [-0.05, 0) is 37.0 Å². The van der Waals surface area contributed by atoms with Gasteiger partial charge < -0.3 is 10.6 Å². The molecule has 0 spiro atoms. The average molecular weight is 284 g/mol. The zero-order chi connectivity index (χ0) is 14.7. The van der Waals surface area contributed by atoms with Crippen molar-refractivity contribution < 1.29 is 0 Å². The normalized spacial score (nSPS) is 14.6. The van der Waals surface area contributed by atoms with E-state index in [1.807, 2.05) is 24.3 Å². The molecule has 1 fully saturated rings. The third-order valence-corrected chi connectivity index (χ3v) is 3.92. The summed E-state index contributed by atoms with van der Waals surface area (Å²) in [5, 5.41) is 4.29. The van der Waals surface area contributed by atoms with E-state index in [2.05, 4.69) is 10.00 Å². The molecule has 5 heteroatoms. The van der Waals surface area contributed by atoms with E-state index in [0.717, 1.165) is 36.4 Å². The molecule has 21 heavy (non-hydrogen) atoms. The number of nitrogens with two attached hydrogens (primary N) is 1. The Labute approximate surface area is 124 Å². The van der Waals surface area contributed by atoms with Gasteiger partial charge in [0.25, 0.3) is 5.56 Å². The average Bonchev–Trinajstić information content (AvgIpc) is 3.02. The van der Waals surface area contributed by atoms with E-state index in [1.165, 1.54) is 17.5 Å². The first kappa shape index (κ1) is 13.7. The molecule has 1 aromatic heterocycles. The van der Waals surface area contributed by atoms with Crippen LogP contribution in [0.1, 0.15) is 18.4 Å². The Hall–Kier alpha value is -2.30. The van der Waals surface area contributed by atoms with Gasteiger partial charge in [0.2, 0.25) is 0 Å².